The Morgan fingerprint density at radius 2 is 2.00 bits per heavy atom. The number of rotatable bonds is 4. The lowest BCUT2D eigenvalue weighted by atomic mass is 10.1. The highest BCUT2D eigenvalue weighted by molar-refractivity contribution is 5.89. The molecule has 3 rings (SSSR count). The molecule has 29 heavy (non-hydrogen) atoms. The summed E-state index contributed by atoms with van der Waals surface area (Å²) < 4.78 is 53.3. The van der Waals surface area contributed by atoms with Gasteiger partial charge in [0, 0.05) is 0 Å². The molecule has 0 unspecified atom stereocenters. The average molecular weight is 410 g/mol. The maximum absolute atomic E-state index is 13.6. The van der Waals surface area contributed by atoms with Crippen LogP contribution >= 0.6 is 0 Å². The van der Waals surface area contributed by atoms with Gasteiger partial charge in [0.05, 0.1) is 17.3 Å². The van der Waals surface area contributed by atoms with Crippen molar-refractivity contribution >= 4 is 22.6 Å². The molecular formula is C17H14F4N6O2. The highest BCUT2D eigenvalue weighted by Crippen LogP contribution is 2.29. The van der Waals surface area contributed by atoms with E-state index < -0.39 is 35.7 Å². The number of carbonyl (C=O) groups is 1. The summed E-state index contributed by atoms with van der Waals surface area (Å²) >= 11 is 0. The van der Waals surface area contributed by atoms with Crippen LogP contribution in [0.1, 0.15) is 31.2 Å². The van der Waals surface area contributed by atoms with E-state index in [0.717, 1.165) is 23.3 Å². The standard InChI is InChI=1S/C17H14F4N6O2/c1-8(2)13-14-9(3-4-11(24-14)17(19,20)21)16(29)27(26-13)6-12(28)25-15-10(18)5-22-7-23-15/h3-5,7-8H,6H2,1-2H3,(H,22,23,25,28). The van der Waals surface area contributed by atoms with E-state index in [1.54, 1.807) is 13.8 Å². The van der Waals surface area contributed by atoms with E-state index in [1.165, 1.54) is 0 Å². The monoisotopic (exact) mass is 410 g/mol. The molecule has 0 aromatic carbocycles. The van der Waals surface area contributed by atoms with Crippen LogP contribution in [0.25, 0.3) is 10.9 Å². The van der Waals surface area contributed by atoms with Gasteiger partial charge in [0.25, 0.3) is 5.56 Å². The van der Waals surface area contributed by atoms with Crippen molar-refractivity contribution in [1.29, 1.82) is 0 Å². The summed E-state index contributed by atoms with van der Waals surface area (Å²) in [6, 6.07) is 1.69. The molecular weight excluding hydrogens is 396 g/mol. The molecule has 3 heterocycles. The molecule has 1 amide bonds. The van der Waals surface area contributed by atoms with Gasteiger partial charge in [-0.3, -0.25) is 9.59 Å². The molecule has 152 valence electrons. The number of aromatic nitrogens is 5. The summed E-state index contributed by atoms with van der Waals surface area (Å²) in [5.74, 6) is -2.43. The van der Waals surface area contributed by atoms with Gasteiger partial charge in [-0.1, -0.05) is 13.8 Å². The van der Waals surface area contributed by atoms with Crippen LogP contribution in [0.2, 0.25) is 0 Å². The number of alkyl halides is 3. The predicted molar refractivity (Wildman–Crippen MR) is 93.5 cm³/mol. The van der Waals surface area contributed by atoms with Gasteiger partial charge >= 0.3 is 6.18 Å². The zero-order valence-electron chi connectivity index (χ0n) is 15.2. The second kappa shape index (κ2) is 7.53. The molecule has 0 bridgehead atoms. The number of carbonyl (C=O) groups excluding carboxylic acids is 1. The van der Waals surface area contributed by atoms with Crippen LogP contribution in [-0.2, 0) is 17.5 Å². The molecule has 0 aliphatic heterocycles. The number of hydrogen-bond acceptors (Lipinski definition) is 6. The SMILES string of the molecule is CC(C)c1nn(CC(=O)Nc2ncncc2F)c(=O)c2ccc(C(F)(F)F)nc12. The van der Waals surface area contributed by atoms with Gasteiger partial charge in [0.15, 0.2) is 11.6 Å². The number of amides is 1. The lowest BCUT2D eigenvalue weighted by Gasteiger charge is -2.14. The van der Waals surface area contributed by atoms with Crippen molar-refractivity contribution < 1.29 is 22.4 Å². The van der Waals surface area contributed by atoms with Crippen LogP contribution in [0.4, 0.5) is 23.4 Å². The third-order valence-corrected chi connectivity index (χ3v) is 3.89. The van der Waals surface area contributed by atoms with E-state index in [0.29, 0.717) is 6.07 Å². The third-order valence-electron chi connectivity index (χ3n) is 3.89. The summed E-state index contributed by atoms with van der Waals surface area (Å²) in [5, 5.41) is 6.08. The first-order valence-electron chi connectivity index (χ1n) is 8.32. The van der Waals surface area contributed by atoms with E-state index in [4.69, 9.17) is 0 Å². The number of nitrogens with one attached hydrogen (secondary N) is 1. The van der Waals surface area contributed by atoms with E-state index in [9.17, 15) is 27.2 Å². The number of nitrogens with zero attached hydrogens (tertiary/aromatic N) is 5. The fraction of sp³-hybridized carbons (Fsp3) is 0.294. The molecule has 0 aliphatic carbocycles. The maximum Gasteiger partial charge on any atom is 0.433 e. The van der Waals surface area contributed by atoms with Crippen molar-refractivity contribution in [1.82, 2.24) is 24.7 Å². The van der Waals surface area contributed by atoms with Gasteiger partial charge in [-0.05, 0) is 18.1 Å². The van der Waals surface area contributed by atoms with Crippen molar-refractivity contribution in [2.75, 3.05) is 5.32 Å². The Balaban J connectivity index is 2.03. The number of halogens is 4. The number of hydrogen-bond donors (Lipinski definition) is 1. The minimum Gasteiger partial charge on any atom is -0.307 e. The van der Waals surface area contributed by atoms with Gasteiger partial charge in [0.1, 0.15) is 24.1 Å². The minimum atomic E-state index is -4.68. The van der Waals surface area contributed by atoms with E-state index in [2.05, 4.69) is 25.4 Å². The fourth-order valence-electron chi connectivity index (χ4n) is 2.56. The van der Waals surface area contributed by atoms with Gasteiger partial charge in [-0.15, -0.1) is 0 Å². The summed E-state index contributed by atoms with van der Waals surface area (Å²) in [4.78, 5) is 35.4. The van der Waals surface area contributed by atoms with Crippen molar-refractivity contribution in [3.05, 3.63) is 52.2 Å². The third kappa shape index (κ3) is 4.20. The predicted octanol–water partition coefficient (Wildman–Crippen LogP) is 2.50. The molecule has 0 atom stereocenters. The quantitative estimate of drug-likeness (QED) is 0.663. The zero-order chi connectivity index (χ0) is 21.3. The smallest absolute Gasteiger partial charge is 0.307 e. The molecule has 0 aliphatic rings. The second-order valence-electron chi connectivity index (χ2n) is 6.36. The normalized spacial score (nSPS) is 11.8. The lowest BCUT2D eigenvalue weighted by Crippen LogP contribution is -2.31. The van der Waals surface area contributed by atoms with E-state index in [-0.39, 0.29) is 28.3 Å². The van der Waals surface area contributed by atoms with E-state index >= 15 is 0 Å². The maximum atomic E-state index is 13.6. The summed E-state index contributed by atoms with van der Waals surface area (Å²) in [7, 11) is 0. The first kappa shape index (κ1) is 20.3. The summed E-state index contributed by atoms with van der Waals surface area (Å²) in [6.07, 6.45) is -2.80. The Bertz CT molecular complexity index is 1140. The first-order valence-corrected chi connectivity index (χ1v) is 8.32. The van der Waals surface area contributed by atoms with Crippen LogP contribution in [0.15, 0.2) is 29.5 Å². The number of pyridine rings is 1. The van der Waals surface area contributed by atoms with Crippen LogP contribution in [0.3, 0.4) is 0 Å². The Kier molecular flexibility index (Phi) is 5.27. The Labute approximate surface area is 160 Å². The molecule has 1 N–H and O–H groups in total. The largest absolute Gasteiger partial charge is 0.433 e. The van der Waals surface area contributed by atoms with Crippen molar-refractivity contribution in [2.45, 2.75) is 32.5 Å². The average Bonchev–Trinajstić information content (AvgIpc) is 2.64. The fourth-order valence-corrected chi connectivity index (χ4v) is 2.56. The minimum absolute atomic E-state index is 0.113. The topological polar surface area (TPSA) is 103 Å². The Hall–Kier alpha value is -3.44. The van der Waals surface area contributed by atoms with Crippen LogP contribution in [-0.4, -0.2) is 30.6 Å². The van der Waals surface area contributed by atoms with E-state index in [1.807, 2.05) is 0 Å². The number of fused-ring (bicyclic) bond motifs is 1. The van der Waals surface area contributed by atoms with Gasteiger partial charge in [-0.2, -0.15) is 18.3 Å². The Morgan fingerprint density at radius 3 is 2.62 bits per heavy atom. The van der Waals surface area contributed by atoms with Crippen molar-refractivity contribution in [2.24, 2.45) is 0 Å². The highest BCUT2D eigenvalue weighted by atomic mass is 19.4. The summed E-state index contributed by atoms with van der Waals surface area (Å²) in [5.41, 5.74) is -2.02. The molecule has 0 fully saturated rings. The number of anilines is 1. The van der Waals surface area contributed by atoms with Crippen LogP contribution in [0, 0.1) is 5.82 Å². The molecule has 0 saturated carbocycles. The zero-order valence-corrected chi connectivity index (χ0v) is 15.2. The van der Waals surface area contributed by atoms with Crippen LogP contribution < -0.4 is 10.9 Å². The molecule has 0 saturated heterocycles. The van der Waals surface area contributed by atoms with Gasteiger partial charge in [0.2, 0.25) is 5.91 Å². The van der Waals surface area contributed by atoms with Gasteiger partial charge in [-0.25, -0.2) is 24.0 Å². The molecule has 12 heteroatoms. The van der Waals surface area contributed by atoms with Crippen molar-refractivity contribution in [3.63, 3.8) is 0 Å². The molecule has 3 aromatic heterocycles. The van der Waals surface area contributed by atoms with Crippen molar-refractivity contribution in [3.8, 4) is 0 Å². The molecule has 8 nitrogen and oxygen atoms in total. The highest BCUT2D eigenvalue weighted by Gasteiger charge is 2.33. The first-order chi connectivity index (χ1) is 13.6. The molecule has 0 radical (unpaired) electrons. The molecule has 0 spiro atoms. The lowest BCUT2D eigenvalue weighted by molar-refractivity contribution is -0.141. The van der Waals surface area contributed by atoms with Gasteiger partial charge < -0.3 is 5.32 Å². The molecule has 3 aromatic rings. The Morgan fingerprint density at radius 1 is 1.28 bits per heavy atom. The van der Waals surface area contributed by atoms with Crippen LogP contribution in [0.5, 0.6) is 0 Å². The summed E-state index contributed by atoms with van der Waals surface area (Å²) in [6.45, 7) is 2.72. The second-order valence-corrected chi connectivity index (χ2v) is 6.36.